The number of nitrogens with zero attached hydrogens (tertiary/aromatic N) is 1. The molecule has 0 aliphatic carbocycles. The molecule has 0 radical (unpaired) electrons. The van der Waals surface area contributed by atoms with Crippen LogP contribution in [-0.4, -0.2) is 48.9 Å². The van der Waals surface area contributed by atoms with Gasteiger partial charge in [-0.25, -0.2) is 4.79 Å². The third-order valence-electron chi connectivity index (χ3n) is 7.05. The summed E-state index contributed by atoms with van der Waals surface area (Å²) in [6, 6.07) is 23.8. The van der Waals surface area contributed by atoms with Crippen molar-refractivity contribution in [2.75, 3.05) is 24.6 Å². The van der Waals surface area contributed by atoms with Crippen LogP contribution in [0.2, 0.25) is 0 Å². The lowest BCUT2D eigenvalue weighted by Gasteiger charge is -2.28. The van der Waals surface area contributed by atoms with Gasteiger partial charge in [0, 0.05) is 30.9 Å². The molecule has 0 spiro atoms. The smallest absolute Gasteiger partial charge is 0.408 e. The van der Waals surface area contributed by atoms with Crippen LogP contribution < -0.4 is 15.5 Å². The fourth-order valence-corrected chi connectivity index (χ4v) is 5.12. The number of ether oxygens (including phenoxy) is 2. The van der Waals surface area contributed by atoms with Crippen molar-refractivity contribution in [1.82, 2.24) is 10.6 Å². The second-order valence-corrected chi connectivity index (χ2v) is 12.4. The fraction of sp³-hybridized carbons (Fsp3) is 0.455. The van der Waals surface area contributed by atoms with E-state index in [1.807, 2.05) is 12.1 Å². The van der Waals surface area contributed by atoms with Gasteiger partial charge in [0.1, 0.15) is 12.2 Å². The summed E-state index contributed by atoms with van der Waals surface area (Å²) < 4.78 is 10.8. The van der Waals surface area contributed by atoms with E-state index in [1.165, 1.54) is 16.3 Å². The quantitative estimate of drug-likeness (QED) is 0.314. The molecule has 1 amide bonds. The lowest BCUT2D eigenvalue weighted by atomic mass is 9.99. The maximum Gasteiger partial charge on any atom is 0.408 e. The van der Waals surface area contributed by atoms with E-state index in [4.69, 9.17) is 9.47 Å². The van der Waals surface area contributed by atoms with Gasteiger partial charge in [0.05, 0.1) is 12.0 Å². The molecule has 1 fully saturated rings. The number of carbonyl (C=O) groups excluding carboxylic acids is 2. The molecule has 0 saturated carbocycles. The molecule has 40 heavy (non-hydrogen) atoms. The molecule has 7 nitrogen and oxygen atoms in total. The van der Waals surface area contributed by atoms with Crippen molar-refractivity contribution >= 4 is 28.5 Å². The topological polar surface area (TPSA) is 79.9 Å². The first kappa shape index (κ1) is 29.4. The second kappa shape index (κ2) is 12.3. The Bertz CT molecular complexity index is 1310. The molecule has 0 aromatic heterocycles. The minimum Gasteiger partial charge on any atom is -0.463 e. The van der Waals surface area contributed by atoms with Gasteiger partial charge in [0.15, 0.2) is 0 Å². The van der Waals surface area contributed by atoms with Gasteiger partial charge in [-0.05, 0) is 82.0 Å². The first-order valence-corrected chi connectivity index (χ1v) is 14.1. The number of amides is 1. The fourth-order valence-electron chi connectivity index (χ4n) is 5.12. The standard InChI is InChI=1S/C33H43N3O4/c1-23(28-13-9-11-25-10-7-8-12-29(25)28)34-26-18-19-36(21-26)27-16-14-24(15-17-27)20-30(37)39-22-33(5,6)35-31(38)40-32(2,3)4/h7-17,23,26,34H,18-22H2,1-6H3,(H,35,38)/t23-,26+/m1/s1. The zero-order chi connectivity index (χ0) is 28.9. The Morgan fingerprint density at radius 2 is 1.68 bits per heavy atom. The van der Waals surface area contributed by atoms with E-state index in [-0.39, 0.29) is 25.0 Å². The van der Waals surface area contributed by atoms with E-state index in [1.54, 1.807) is 34.6 Å². The maximum atomic E-state index is 12.5. The summed E-state index contributed by atoms with van der Waals surface area (Å²) in [6.45, 7) is 13.2. The Morgan fingerprint density at radius 3 is 2.40 bits per heavy atom. The number of hydrogen-bond acceptors (Lipinski definition) is 6. The SMILES string of the molecule is C[C@@H](N[C@H]1CCN(c2ccc(CC(=O)OCC(C)(C)NC(=O)OC(C)(C)C)cc2)C1)c1cccc2ccccc12. The average molecular weight is 546 g/mol. The Labute approximate surface area is 238 Å². The molecule has 214 valence electrons. The second-order valence-electron chi connectivity index (χ2n) is 12.4. The molecule has 1 heterocycles. The van der Waals surface area contributed by atoms with Gasteiger partial charge in [-0.15, -0.1) is 0 Å². The van der Waals surface area contributed by atoms with E-state index in [2.05, 4.69) is 77.1 Å². The third-order valence-corrected chi connectivity index (χ3v) is 7.05. The summed E-state index contributed by atoms with van der Waals surface area (Å²) >= 11 is 0. The molecule has 0 unspecified atom stereocenters. The summed E-state index contributed by atoms with van der Waals surface area (Å²) in [7, 11) is 0. The third kappa shape index (κ3) is 8.21. The van der Waals surface area contributed by atoms with Crippen molar-refractivity contribution in [3.8, 4) is 0 Å². The largest absolute Gasteiger partial charge is 0.463 e. The molecule has 7 heteroatoms. The maximum absolute atomic E-state index is 12.5. The van der Waals surface area contributed by atoms with Gasteiger partial charge in [-0.2, -0.15) is 0 Å². The van der Waals surface area contributed by atoms with E-state index in [9.17, 15) is 9.59 Å². The number of alkyl carbamates (subject to hydrolysis) is 1. The van der Waals surface area contributed by atoms with E-state index < -0.39 is 17.2 Å². The summed E-state index contributed by atoms with van der Waals surface area (Å²) in [6.07, 6.45) is 0.720. The first-order chi connectivity index (χ1) is 18.9. The van der Waals surface area contributed by atoms with Crippen molar-refractivity contribution in [2.45, 2.75) is 77.6 Å². The minimum absolute atomic E-state index is 0.0581. The van der Waals surface area contributed by atoms with Crippen LogP contribution in [0.15, 0.2) is 66.7 Å². The number of fused-ring (bicyclic) bond motifs is 1. The number of anilines is 1. The Morgan fingerprint density at radius 1 is 0.975 bits per heavy atom. The number of rotatable bonds is 9. The van der Waals surface area contributed by atoms with Crippen LogP contribution in [-0.2, 0) is 20.7 Å². The van der Waals surface area contributed by atoms with Crippen LogP contribution in [0, 0.1) is 0 Å². The van der Waals surface area contributed by atoms with E-state index in [0.29, 0.717) is 6.04 Å². The number of hydrogen-bond donors (Lipinski definition) is 2. The number of esters is 1. The van der Waals surface area contributed by atoms with Gasteiger partial charge < -0.3 is 25.0 Å². The molecular weight excluding hydrogens is 502 g/mol. The minimum atomic E-state index is -0.743. The first-order valence-electron chi connectivity index (χ1n) is 14.1. The Balaban J connectivity index is 1.24. The number of carbonyl (C=O) groups is 2. The van der Waals surface area contributed by atoms with Crippen molar-refractivity contribution in [2.24, 2.45) is 0 Å². The highest BCUT2D eigenvalue weighted by atomic mass is 16.6. The van der Waals surface area contributed by atoms with E-state index >= 15 is 0 Å². The van der Waals surface area contributed by atoms with Gasteiger partial charge in [0.2, 0.25) is 0 Å². The monoisotopic (exact) mass is 545 g/mol. The van der Waals surface area contributed by atoms with Crippen molar-refractivity contribution in [3.05, 3.63) is 77.9 Å². The molecule has 2 atom stereocenters. The summed E-state index contributed by atoms with van der Waals surface area (Å²) in [4.78, 5) is 26.9. The number of benzene rings is 3. The van der Waals surface area contributed by atoms with Crippen molar-refractivity contribution < 1.29 is 19.1 Å². The normalized spacial score (nSPS) is 16.6. The van der Waals surface area contributed by atoms with Gasteiger partial charge >= 0.3 is 12.1 Å². The van der Waals surface area contributed by atoms with Gasteiger partial charge in [0.25, 0.3) is 0 Å². The zero-order valence-electron chi connectivity index (χ0n) is 24.6. The Kier molecular flexibility index (Phi) is 9.04. The molecule has 3 aromatic carbocycles. The van der Waals surface area contributed by atoms with Crippen LogP contribution in [0.4, 0.5) is 10.5 Å². The average Bonchev–Trinajstić information content (AvgIpc) is 3.34. The molecule has 3 aromatic rings. The van der Waals surface area contributed by atoms with E-state index in [0.717, 1.165) is 30.8 Å². The predicted octanol–water partition coefficient (Wildman–Crippen LogP) is 6.16. The highest BCUT2D eigenvalue weighted by Crippen LogP contribution is 2.27. The van der Waals surface area contributed by atoms with Gasteiger partial charge in [-0.1, -0.05) is 54.6 Å². The molecule has 4 rings (SSSR count). The molecule has 2 N–H and O–H groups in total. The summed E-state index contributed by atoms with van der Waals surface area (Å²) in [5.41, 5.74) is 2.04. The highest BCUT2D eigenvalue weighted by molar-refractivity contribution is 5.86. The van der Waals surface area contributed by atoms with Crippen LogP contribution in [0.25, 0.3) is 10.8 Å². The molecule has 1 aliphatic rings. The Hall–Kier alpha value is -3.58. The molecule has 0 bridgehead atoms. The lowest BCUT2D eigenvalue weighted by molar-refractivity contribution is -0.144. The van der Waals surface area contributed by atoms with Gasteiger partial charge in [-0.3, -0.25) is 4.79 Å². The van der Waals surface area contributed by atoms with Crippen molar-refractivity contribution in [3.63, 3.8) is 0 Å². The molecule has 1 aliphatic heterocycles. The van der Waals surface area contributed by atoms with Crippen LogP contribution in [0.3, 0.4) is 0 Å². The van der Waals surface area contributed by atoms with Crippen LogP contribution in [0.1, 0.15) is 65.1 Å². The summed E-state index contributed by atoms with van der Waals surface area (Å²) in [5, 5.41) is 9.16. The molecular formula is C33H43N3O4. The number of nitrogens with one attached hydrogen (secondary N) is 2. The van der Waals surface area contributed by atoms with Crippen LogP contribution >= 0.6 is 0 Å². The zero-order valence-corrected chi connectivity index (χ0v) is 24.6. The molecule has 1 saturated heterocycles. The van der Waals surface area contributed by atoms with Crippen LogP contribution in [0.5, 0.6) is 0 Å². The lowest BCUT2D eigenvalue weighted by Crippen LogP contribution is -2.49. The highest BCUT2D eigenvalue weighted by Gasteiger charge is 2.27. The summed E-state index contributed by atoms with van der Waals surface area (Å²) in [5.74, 6) is -0.334. The predicted molar refractivity (Wildman–Crippen MR) is 161 cm³/mol. The van der Waals surface area contributed by atoms with Crippen molar-refractivity contribution in [1.29, 1.82) is 0 Å².